The first-order valence-electron chi connectivity index (χ1n) is 12.7. The van der Waals surface area contributed by atoms with Gasteiger partial charge in [-0.25, -0.2) is 8.42 Å². The molecular formula is C26H28N6O4S2. The van der Waals surface area contributed by atoms with Crippen molar-refractivity contribution in [3.63, 3.8) is 0 Å². The van der Waals surface area contributed by atoms with E-state index in [1.54, 1.807) is 18.2 Å². The average molecular weight is 553 g/mol. The molecule has 0 unspecified atom stereocenters. The summed E-state index contributed by atoms with van der Waals surface area (Å²) in [4.78, 5) is 20.1. The van der Waals surface area contributed by atoms with E-state index in [9.17, 15) is 13.2 Å². The Labute approximate surface area is 225 Å². The predicted molar refractivity (Wildman–Crippen MR) is 142 cm³/mol. The number of nitrogens with zero attached hydrogens (tertiary/aromatic N) is 6. The number of hydrogen-bond donors (Lipinski definition) is 0. The van der Waals surface area contributed by atoms with E-state index in [0.29, 0.717) is 61.8 Å². The largest absolute Gasteiger partial charge is 0.342 e. The van der Waals surface area contributed by atoms with Crippen molar-refractivity contribution in [2.24, 2.45) is 5.92 Å². The number of sulfonamides is 1. The third kappa shape index (κ3) is 4.50. The standard InChI is InChI=1S/C26H28N6O4S2/c1-26(25-27-23(36-28-25)18-6-3-2-4-7-18)12-16-31(17-13-26)24(33)19-10-14-32(15-11-19)38(34,35)21-9-5-8-20-22(21)30-37-29-20/h2-9,19H,10-17H2,1H3. The number of carbonyl (C=O) groups excluding carboxylic acids is 1. The van der Waals surface area contributed by atoms with Crippen LogP contribution in [0.15, 0.2) is 57.9 Å². The summed E-state index contributed by atoms with van der Waals surface area (Å²) in [5.74, 6) is 1.10. The molecule has 38 heavy (non-hydrogen) atoms. The average Bonchev–Trinajstić information content (AvgIpc) is 3.64. The highest BCUT2D eigenvalue weighted by Crippen LogP contribution is 2.36. The lowest BCUT2D eigenvalue weighted by molar-refractivity contribution is -0.138. The van der Waals surface area contributed by atoms with E-state index in [1.807, 2.05) is 35.2 Å². The lowest BCUT2D eigenvalue weighted by Crippen LogP contribution is -2.49. The van der Waals surface area contributed by atoms with Crippen LogP contribution in [0.4, 0.5) is 0 Å². The molecule has 6 rings (SSSR count). The van der Waals surface area contributed by atoms with Gasteiger partial charge in [0.1, 0.15) is 15.9 Å². The second-order valence-corrected chi connectivity index (χ2v) is 12.7. The lowest BCUT2D eigenvalue weighted by Gasteiger charge is -2.40. The molecule has 10 nitrogen and oxygen atoms in total. The zero-order valence-corrected chi connectivity index (χ0v) is 22.6. The highest BCUT2D eigenvalue weighted by atomic mass is 32.2. The third-order valence-corrected chi connectivity index (χ3v) is 10.3. The zero-order chi connectivity index (χ0) is 26.3. The molecule has 0 spiro atoms. The van der Waals surface area contributed by atoms with Crippen LogP contribution in [0.1, 0.15) is 38.4 Å². The number of fused-ring (bicyclic) bond motifs is 1. The summed E-state index contributed by atoms with van der Waals surface area (Å²) in [7, 11) is -3.71. The Morgan fingerprint density at radius 2 is 1.74 bits per heavy atom. The Bertz CT molecular complexity index is 1550. The van der Waals surface area contributed by atoms with Gasteiger partial charge in [0.05, 0.1) is 11.7 Å². The van der Waals surface area contributed by atoms with Crippen LogP contribution in [0.25, 0.3) is 22.5 Å². The van der Waals surface area contributed by atoms with Gasteiger partial charge in [0.2, 0.25) is 15.9 Å². The molecule has 2 aromatic heterocycles. The SMILES string of the molecule is CC1(c2noc(-c3ccccc3)n2)CCN(C(=O)C2CCN(S(=O)(=O)c3cccc4nsnc34)CC2)CC1. The second-order valence-electron chi connectivity index (χ2n) is 10.2. The number of carbonyl (C=O) groups is 1. The number of rotatable bonds is 5. The van der Waals surface area contributed by atoms with Crippen LogP contribution in [0.2, 0.25) is 0 Å². The molecule has 0 N–H and O–H groups in total. The Balaban J connectivity index is 1.07. The molecule has 0 radical (unpaired) electrons. The van der Waals surface area contributed by atoms with Crippen molar-refractivity contribution in [1.29, 1.82) is 0 Å². The molecule has 12 heteroatoms. The molecule has 0 bridgehead atoms. The van der Waals surface area contributed by atoms with E-state index >= 15 is 0 Å². The first-order valence-corrected chi connectivity index (χ1v) is 14.9. The van der Waals surface area contributed by atoms with Crippen LogP contribution >= 0.6 is 11.7 Å². The molecule has 2 fully saturated rings. The number of hydrogen-bond acceptors (Lipinski definition) is 9. The summed E-state index contributed by atoms with van der Waals surface area (Å²) in [5.41, 5.74) is 1.60. The van der Waals surface area contributed by atoms with Gasteiger partial charge >= 0.3 is 0 Å². The predicted octanol–water partition coefficient (Wildman–Crippen LogP) is 3.72. The van der Waals surface area contributed by atoms with Crippen molar-refractivity contribution >= 4 is 38.7 Å². The number of benzene rings is 2. The summed E-state index contributed by atoms with van der Waals surface area (Å²) in [6, 6.07) is 14.7. The lowest BCUT2D eigenvalue weighted by atomic mass is 9.79. The van der Waals surface area contributed by atoms with Gasteiger partial charge in [0, 0.05) is 43.1 Å². The number of piperidine rings is 2. The van der Waals surface area contributed by atoms with Crippen molar-refractivity contribution in [1.82, 2.24) is 28.1 Å². The van der Waals surface area contributed by atoms with Crippen molar-refractivity contribution in [3.05, 3.63) is 54.4 Å². The molecule has 4 heterocycles. The van der Waals surface area contributed by atoms with Gasteiger partial charge in [0.25, 0.3) is 5.89 Å². The summed E-state index contributed by atoms with van der Waals surface area (Å²) in [6.45, 7) is 3.96. The molecule has 2 aliphatic rings. The first-order chi connectivity index (χ1) is 18.3. The molecule has 2 aliphatic heterocycles. The fraction of sp³-hybridized carbons (Fsp3) is 0.423. The van der Waals surface area contributed by atoms with Crippen LogP contribution < -0.4 is 0 Å². The number of amides is 1. The molecule has 2 aromatic carbocycles. The minimum Gasteiger partial charge on any atom is -0.342 e. The normalized spacial score (nSPS) is 19.1. The maximum atomic E-state index is 13.3. The smallest absolute Gasteiger partial charge is 0.257 e. The fourth-order valence-corrected chi connectivity index (χ4v) is 7.56. The molecule has 198 valence electrons. The van der Waals surface area contributed by atoms with Gasteiger partial charge in [-0.05, 0) is 49.9 Å². The van der Waals surface area contributed by atoms with Crippen LogP contribution in [0, 0.1) is 5.92 Å². The van der Waals surface area contributed by atoms with E-state index in [-0.39, 0.29) is 22.1 Å². The topological polar surface area (TPSA) is 122 Å². The van der Waals surface area contributed by atoms with Gasteiger partial charge in [0.15, 0.2) is 5.82 Å². The summed E-state index contributed by atoms with van der Waals surface area (Å²) >= 11 is 1.00. The zero-order valence-electron chi connectivity index (χ0n) is 21.0. The minimum absolute atomic E-state index is 0.105. The maximum absolute atomic E-state index is 13.3. The van der Waals surface area contributed by atoms with Gasteiger partial charge in [-0.1, -0.05) is 36.3 Å². The highest BCUT2D eigenvalue weighted by Gasteiger charge is 2.40. The molecule has 0 aliphatic carbocycles. The van der Waals surface area contributed by atoms with Crippen LogP contribution in [-0.4, -0.2) is 68.6 Å². The summed E-state index contributed by atoms with van der Waals surface area (Å²) < 4.78 is 42.0. The molecule has 4 aromatic rings. The van der Waals surface area contributed by atoms with Crippen LogP contribution in [0.5, 0.6) is 0 Å². The maximum Gasteiger partial charge on any atom is 0.257 e. The quantitative estimate of drug-likeness (QED) is 0.367. The number of likely N-dealkylation sites (tertiary alicyclic amines) is 1. The van der Waals surface area contributed by atoms with E-state index in [0.717, 1.165) is 30.1 Å². The Morgan fingerprint density at radius 1 is 1.00 bits per heavy atom. The molecular weight excluding hydrogens is 524 g/mol. The first kappa shape index (κ1) is 25.1. The summed E-state index contributed by atoms with van der Waals surface area (Å²) in [5, 5.41) is 4.26. The van der Waals surface area contributed by atoms with Gasteiger partial charge in [-0.2, -0.15) is 18.0 Å². The fourth-order valence-electron chi connectivity index (χ4n) is 5.34. The molecule has 0 saturated carbocycles. The molecule has 1 amide bonds. The van der Waals surface area contributed by atoms with E-state index in [1.165, 1.54) is 4.31 Å². The van der Waals surface area contributed by atoms with Crippen LogP contribution in [0.3, 0.4) is 0 Å². The highest BCUT2D eigenvalue weighted by molar-refractivity contribution is 7.89. The Kier molecular flexibility index (Phi) is 6.48. The molecule has 0 atom stereocenters. The Hall–Kier alpha value is -3.22. The van der Waals surface area contributed by atoms with Crippen molar-refractivity contribution < 1.29 is 17.7 Å². The number of aromatic nitrogens is 4. The van der Waals surface area contributed by atoms with Crippen molar-refractivity contribution in [2.75, 3.05) is 26.2 Å². The van der Waals surface area contributed by atoms with Gasteiger partial charge in [-0.3, -0.25) is 4.79 Å². The second kappa shape index (κ2) is 9.83. The monoisotopic (exact) mass is 552 g/mol. The third-order valence-electron chi connectivity index (χ3n) is 7.84. The van der Waals surface area contributed by atoms with E-state index in [2.05, 4.69) is 25.8 Å². The Morgan fingerprint density at radius 3 is 2.47 bits per heavy atom. The van der Waals surface area contributed by atoms with Gasteiger partial charge in [-0.15, -0.1) is 0 Å². The van der Waals surface area contributed by atoms with E-state index in [4.69, 9.17) is 4.52 Å². The van der Waals surface area contributed by atoms with Crippen LogP contribution in [-0.2, 0) is 20.2 Å². The van der Waals surface area contributed by atoms with Crippen molar-refractivity contribution in [3.8, 4) is 11.5 Å². The van der Waals surface area contributed by atoms with Crippen molar-refractivity contribution in [2.45, 2.75) is 42.9 Å². The van der Waals surface area contributed by atoms with E-state index < -0.39 is 10.0 Å². The minimum atomic E-state index is -3.71. The molecule has 2 saturated heterocycles. The summed E-state index contributed by atoms with van der Waals surface area (Å²) in [6.07, 6.45) is 2.49. The van der Waals surface area contributed by atoms with Gasteiger partial charge < -0.3 is 9.42 Å².